The number of rotatable bonds is 7. The highest BCUT2D eigenvalue weighted by atomic mass is 32.2. The predicted octanol–water partition coefficient (Wildman–Crippen LogP) is 1.17. The van der Waals surface area contributed by atoms with E-state index in [-0.39, 0.29) is 29.6 Å². The molecule has 0 aliphatic heterocycles. The van der Waals surface area contributed by atoms with E-state index in [9.17, 15) is 8.42 Å². The molecule has 0 unspecified atom stereocenters. The van der Waals surface area contributed by atoms with Crippen LogP contribution >= 0.6 is 0 Å². The Morgan fingerprint density at radius 1 is 1.47 bits per heavy atom. The van der Waals surface area contributed by atoms with Crippen molar-refractivity contribution in [3.05, 3.63) is 17.6 Å². The van der Waals surface area contributed by atoms with Gasteiger partial charge in [0.2, 0.25) is 10.0 Å². The molecule has 0 aliphatic rings. The van der Waals surface area contributed by atoms with Gasteiger partial charge in [-0.3, -0.25) is 0 Å². The number of aliphatic hydroxyl groups is 1. The van der Waals surface area contributed by atoms with Crippen LogP contribution in [0.15, 0.2) is 15.4 Å². The van der Waals surface area contributed by atoms with Crippen molar-refractivity contribution in [1.29, 1.82) is 0 Å². The Hall–Kier alpha value is -0.890. The molecule has 0 saturated carbocycles. The van der Waals surface area contributed by atoms with Crippen molar-refractivity contribution >= 4 is 10.0 Å². The third-order valence-corrected chi connectivity index (χ3v) is 4.10. The average Bonchev–Trinajstić information content (AvgIpc) is 2.69. The molecule has 1 aromatic rings. The number of aliphatic hydroxyl groups excluding tert-OH is 1. The molecule has 19 heavy (non-hydrogen) atoms. The zero-order chi connectivity index (χ0) is 14.7. The second kappa shape index (κ2) is 6.04. The Morgan fingerprint density at radius 2 is 2.11 bits per heavy atom. The van der Waals surface area contributed by atoms with Crippen LogP contribution in [0.1, 0.15) is 32.3 Å². The summed E-state index contributed by atoms with van der Waals surface area (Å²) in [7, 11) is -3.67. The van der Waals surface area contributed by atoms with Crippen molar-refractivity contribution in [3.8, 4) is 0 Å². The maximum atomic E-state index is 12.1. The van der Waals surface area contributed by atoms with Gasteiger partial charge in [0.05, 0.1) is 5.60 Å². The summed E-state index contributed by atoms with van der Waals surface area (Å²) in [6.07, 6.45) is 0. The molecule has 7 heteroatoms. The van der Waals surface area contributed by atoms with E-state index < -0.39 is 15.6 Å². The van der Waals surface area contributed by atoms with Gasteiger partial charge in [0.25, 0.3) is 0 Å². The van der Waals surface area contributed by atoms with Crippen molar-refractivity contribution in [3.63, 3.8) is 0 Å². The zero-order valence-electron chi connectivity index (χ0n) is 11.7. The van der Waals surface area contributed by atoms with Gasteiger partial charge in [-0.2, -0.15) is 0 Å². The summed E-state index contributed by atoms with van der Waals surface area (Å²) in [5.41, 5.74) is -0.584. The Labute approximate surface area is 113 Å². The van der Waals surface area contributed by atoms with Gasteiger partial charge in [-0.1, -0.05) is 0 Å². The van der Waals surface area contributed by atoms with E-state index >= 15 is 0 Å². The van der Waals surface area contributed by atoms with Crippen LogP contribution in [0.25, 0.3) is 0 Å². The molecular formula is C12H21NO5S. The number of ether oxygens (including phenoxy) is 1. The number of aryl methyl sites for hydroxylation is 1. The normalized spacial score (nSPS) is 12.9. The predicted molar refractivity (Wildman–Crippen MR) is 70.3 cm³/mol. The highest BCUT2D eigenvalue weighted by Crippen LogP contribution is 2.20. The minimum Gasteiger partial charge on any atom is -0.462 e. The number of nitrogens with one attached hydrogen (secondary N) is 1. The Kier molecular flexibility index (Phi) is 5.14. The van der Waals surface area contributed by atoms with E-state index in [1.165, 1.54) is 6.07 Å². The molecule has 1 aromatic heterocycles. The van der Waals surface area contributed by atoms with Crippen molar-refractivity contribution in [1.82, 2.24) is 4.72 Å². The van der Waals surface area contributed by atoms with Crippen LogP contribution in [0.3, 0.4) is 0 Å². The summed E-state index contributed by atoms with van der Waals surface area (Å²) >= 11 is 0. The van der Waals surface area contributed by atoms with Crippen LogP contribution in [0.4, 0.5) is 0 Å². The Bertz CT molecular complexity index is 518. The minimum absolute atomic E-state index is 0.0452. The van der Waals surface area contributed by atoms with Crippen LogP contribution in [-0.4, -0.2) is 32.3 Å². The fraction of sp³-hybridized carbons (Fsp3) is 0.667. The molecule has 0 spiro atoms. The van der Waals surface area contributed by atoms with E-state index in [1.807, 2.05) is 6.92 Å². The summed E-state index contributed by atoms with van der Waals surface area (Å²) in [5, 5.41) is 8.94. The topological polar surface area (TPSA) is 88.8 Å². The molecule has 1 heterocycles. The quantitative estimate of drug-likeness (QED) is 0.787. The molecule has 110 valence electrons. The van der Waals surface area contributed by atoms with E-state index in [0.717, 1.165) is 0 Å². The lowest BCUT2D eigenvalue weighted by atomic mass is 10.1. The summed E-state index contributed by atoms with van der Waals surface area (Å²) in [4.78, 5) is 0.0452. The third-order valence-electron chi connectivity index (χ3n) is 2.59. The fourth-order valence-electron chi connectivity index (χ4n) is 1.66. The molecule has 2 N–H and O–H groups in total. The standard InChI is InChI=1S/C12H21NO5S/c1-5-17-12(3,4)8-13-19(15,16)11-6-10(7-14)18-9(11)2/h6,13-14H,5,7-8H2,1-4H3. The Balaban J connectivity index is 2.84. The molecule has 6 nitrogen and oxygen atoms in total. The highest BCUT2D eigenvalue weighted by molar-refractivity contribution is 7.89. The van der Waals surface area contributed by atoms with E-state index in [0.29, 0.717) is 6.61 Å². The number of furan rings is 1. The van der Waals surface area contributed by atoms with Crippen molar-refractivity contribution in [2.45, 2.75) is 44.8 Å². The molecule has 0 bridgehead atoms. The first kappa shape index (κ1) is 16.2. The maximum absolute atomic E-state index is 12.1. The summed E-state index contributed by atoms with van der Waals surface area (Å²) in [6.45, 7) is 7.34. The second-order valence-electron chi connectivity index (χ2n) is 4.81. The van der Waals surface area contributed by atoms with Gasteiger partial charge in [-0.25, -0.2) is 13.1 Å². The lowest BCUT2D eigenvalue weighted by Crippen LogP contribution is -2.40. The molecular weight excluding hydrogens is 270 g/mol. The van der Waals surface area contributed by atoms with Gasteiger partial charge in [0.1, 0.15) is 23.0 Å². The van der Waals surface area contributed by atoms with Crippen molar-refractivity contribution in [2.75, 3.05) is 13.2 Å². The molecule has 1 rings (SSSR count). The van der Waals surface area contributed by atoms with E-state index in [1.54, 1.807) is 20.8 Å². The average molecular weight is 291 g/mol. The zero-order valence-corrected chi connectivity index (χ0v) is 12.5. The van der Waals surface area contributed by atoms with Gasteiger partial charge in [-0.05, 0) is 27.7 Å². The van der Waals surface area contributed by atoms with Crippen LogP contribution in [0.2, 0.25) is 0 Å². The molecule has 0 fully saturated rings. The molecule has 0 atom stereocenters. The number of hydrogen-bond donors (Lipinski definition) is 2. The summed E-state index contributed by atoms with van der Waals surface area (Å²) in [5.74, 6) is 0.479. The van der Waals surface area contributed by atoms with E-state index in [4.69, 9.17) is 14.3 Å². The molecule has 0 aliphatic carbocycles. The Morgan fingerprint density at radius 3 is 2.58 bits per heavy atom. The van der Waals surface area contributed by atoms with Gasteiger partial charge in [-0.15, -0.1) is 0 Å². The van der Waals surface area contributed by atoms with Crippen LogP contribution in [0, 0.1) is 6.92 Å². The first-order valence-corrected chi connectivity index (χ1v) is 7.54. The number of hydrogen-bond acceptors (Lipinski definition) is 5. The van der Waals surface area contributed by atoms with Crippen molar-refractivity contribution in [2.24, 2.45) is 0 Å². The summed E-state index contributed by atoms with van der Waals surface area (Å²) in [6, 6.07) is 1.32. The fourth-order valence-corrected chi connectivity index (χ4v) is 3.06. The lowest BCUT2D eigenvalue weighted by Gasteiger charge is -2.24. The minimum atomic E-state index is -3.67. The van der Waals surface area contributed by atoms with Crippen molar-refractivity contribution < 1.29 is 22.7 Å². The first-order chi connectivity index (χ1) is 8.72. The molecule has 0 radical (unpaired) electrons. The van der Waals surface area contributed by atoms with Crippen LogP contribution in [0.5, 0.6) is 0 Å². The monoisotopic (exact) mass is 291 g/mol. The van der Waals surface area contributed by atoms with Crippen LogP contribution < -0.4 is 4.72 Å². The third kappa shape index (κ3) is 4.31. The smallest absolute Gasteiger partial charge is 0.244 e. The molecule has 0 aromatic carbocycles. The SMILES string of the molecule is CCOC(C)(C)CNS(=O)(=O)c1cc(CO)oc1C. The molecule has 0 amide bonds. The maximum Gasteiger partial charge on any atom is 0.244 e. The first-order valence-electron chi connectivity index (χ1n) is 6.05. The number of sulfonamides is 1. The van der Waals surface area contributed by atoms with Gasteiger partial charge in [0.15, 0.2) is 0 Å². The highest BCUT2D eigenvalue weighted by Gasteiger charge is 2.25. The van der Waals surface area contributed by atoms with E-state index in [2.05, 4.69) is 4.72 Å². The van der Waals surface area contributed by atoms with Gasteiger partial charge < -0.3 is 14.3 Å². The van der Waals surface area contributed by atoms with Gasteiger partial charge in [0, 0.05) is 19.2 Å². The summed E-state index contributed by atoms with van der Waals surface area (Å²) < 4.78 is 37.3. The molecule has 0 saturated heterocycles. The lowest BCUT2D eigenvalue weighted by molar-refractivity contribution is -0.00515. The van der Waals surface area contributed by atoms with Gasteiger partial charge >= 0.3 is 0 Å². The second-order valence-corrected chi connectivity index (χ2v) is 6.54. The van der Waals surface area contributed by atoms with Crippen LogP contribution in [-0.2, 0) is 21.4 Å². The largest absolute Gasteiger partial charge is 0.462 e.